The second-order valence-corrected chi connectivity index (χ2v) is 5.13. The molecule has 0 aliphatic rings. The van der Waals surface area contributed by atoms with Crippen LogP contribution in [0.2, 0.25) is 0 Å². The van der Waals surface area contributed by atoms with Crippen molar-refractivity contribution in [2.24, 2.45) is 0 Å². The van der Waals surface area contributed by atoms with Crippen LogP contribution in [0.25, 0.3) is 16.6 Å². The molecular formula is C19H16N2O. The predicted molar refractivity (Wildman–Crippen MR) is 88.2 cm³/mol. The number of aromatic hydroxyl groups is 1. The number of nitrogens with zero attached hydrogens (tertiary/aromatic N) is 2. The minimum atomic E-state index is 0.230. The number of phenols is 1. The molecule has 0 fully saturated rings. The Labute approximate surface area is 129 Å². The summed E-state index contributed by atoms with van der Waals surface area (Å²) in [5.74, 6) is 0.230. The molecule has 0 saturated carbocycles. The molecule has 1 N–H and O–H groups in total. The van der Waals surface area contributed by atoms with Crippen molar-refractivity contribution in [1.82, 2.24) is 4.57 Å². The lowest BCUT2D eigenvalue weighted by Crippen LogP contribution is -2.01. The average molecular weight is 288 g/mol. The van der Waals surface area contributed by atoms with Gasteiger partial charge in [0.25, 0.3) is 0 Å². The van der Waals surface area contributed by atoms with Gasteiger partial charge >= 0.3 is 0 Å². The number of rotatable bonds is 4. The highest BCUT2D eigenvalue weighted by Gasteiger charge is 2.17. The minimum Gasteiger partial charge on any atom is -0.508 e. The van der Waals surface area contributed by atoms with Crippen molar-refractivity contribution in [3.63, 3.8) is 0 Å². The normalized spacial score (nSPS) is 10.5. The van der Waals surface area contributed by atoms with Crippen LogP contribution in [-0.4, -0.2) is 9.67 Å². The van der Waals surface area contributed by atoms with Crippen molar-refractivity contribution < 1.29 is 5.11 Å². The number of aromatic nitrogens is 1. The van der Waals surface area contributed by atoms with Crippen LogP contribution in [0.3, 0.4) is 0 Å². The van der Waals surface area contributed by atoms with Crippen molar-refractivity contribution in [3.8, 4) is 17.5 Å². The van der Waals surface area contributed by atoms with E-state index in [4.69, 9.17) is 0 Å². The summed E-state index contributed by atoms with van der Waals surface area (Å²) >= 11 is 0. The van der Waals surface area contributed by atoms with Crippen molar-refractivity contribution in [3.05, 3.63) is 72.4 Å². The fourth-order valence-electron chi connectivity index (χ4n) is 2.79. The monoisotopic (exact) mass is 288 g/mol. The molecule has 0 spiro atoms. The van der Waals surface area contributed by atoms with Crippen molar-refractivity contribution in [2.75, 3.05) is 0 Å². The molecule has 0 radical (unpaired) electrons. The van der Waals surface area contributed by atoms with E-state index in [-0.39, 0.29) is 5.75 Å². The summed E-state index contributed by atoms with van der Waals surface area (Å²) in [6, 6.07) is 17.3. The zero-order valence-electron chi connectivity index (χ0n) is 12.2. The van der Waals surface area contributed by atoms with Gasteiger partial charge in [-0.2, -0.15) is 5.26 Å². The SMILES string of the molecule is C=CCCc1c(C#N)c2ccccc2n1-c1ccc(O)cc1. The van der Waals surface area contributed by atoms with Gasteiger partial charge in [0.1, 0.15) is 11.8 Å². The number of para-hydroxylation sites is 1. The van der Waals surface area contributed by atoms with Crippen LogP contribution in [0, 0.1) is 11.3 Å². The standard InChI is InChI=1S/C19H16N2O/c1-2-3-7-19-17(13-20)16-6-4-5-8-18(16)21(19)14-9-11-15(22)12-10-14/h2,4-6,8-12,22H,1,3,7H2. The third kappa shape index (κ3) is 2.25. The van der Waals surface area contributed by atoms with Gasteiger partial charge in [0.2, 0.25) is 0 Å². The van der Waals surface area contributed by atoms with E-state index in [1.165, 1.54) is 0 Å². The molecule has 0 atom stereocenters. The second kappa shape index (κ2) is 5.79. The number of fused-ring (bicyclic) bond motifs is 1. The molecule has 2 aromatic carbocycles. The summed E-state index contributed by atoms with van der Waals surface area (Å²) in [7, 11) is 0. The molecule has 3 aromatic rings. The number of nitriles is 1. The molecule has 0 aliphatic heterocycles. The highest BCUT2D eigenvalue weighted by atomic mass is 16.3. The van der Waals surface area contributed by atoms with Crippen LogP contribution in [0.4, 0.5) is 0 Å². The van der Waals surface area contributed by atoms with E-state index in [1.807, 2.05) is 42.5 Å². The molecule has 1 heterocycles. The Morgan fingerprint density at radius 2 is 1.86 bits per heavy atom. The molecule has 3 rings (SSSR count). The van der Waals surface area contributed by atoms with Crippen LogP contribution in [0.5, 0.6) is 5.75 Å². The number of phenolic OH excluding ortho intramolecular Hbond substituents is 1. The van der Waals surface area contributed by atoms with Gasteiger partial charge in [0, 0.05) is 16.8 Å². The zero-order chi connectivity index (χ0) is 15.5. The molecule has 3 nitrogen and oxygen atoms in total. The Balaban J connectivity index is 2.33. The summed E-state index contributed by atoms with van der Waals surface area (Å²) < 4.78 is 2.09. The number of benzene rings is 2. The first-order valence-electron chi connectivity index (χ1n) is 7.19. The van der Waals surface area contributed by atoms with Gasteiger partial charge in [-0.05, 0) is 43.2 Å². The van der Waals surface area contributed by atoms with Crippen molar-refractivity contribution >= 4 is 10.9 Å². The lowest BCUT2D eigenvalue weighted by atomic mass is 10.1. The van der Waals surface area contributed by atoms with E-state index < -0.39 is 0 Å². The topological polar surface area (TPSA) is 49.0 Å². The largest absolute Gasteiger partial charge is 0.508 e. The molecular weight excluding hydrogens is 272 g/mol. The van der Waals surface area contributed by atoms with Crippen LogP contribution in [-0.2, 0) is 6.42 Å². The molecule has 0 bridgehead atoms. The number of hydrogen-bond acceptors (Lipinski definition) is 2. The van der Waals surface area contributed by atoms with Gasteiger partial charge in [0.15, 0.2) is 0 Å². The number of allylic oxidation sites excluding steroid dienone is 1. The lowest BCUT2D eigenvalue weighted by Gasteiger charge is -2.11. The van der Waals surface area contributed by atoms with Crippen LogP contribution < -0.4 is 0 Å². The van der Waals surface area contributed by atoms with E-state index in [0.717, 1.165) is 35.1 Å². The van der Waals surface area contributed by atoms with Gasteiger partial charge in [0.05, 0.1) is 11.1 Å². The molecule has 108 valence electrons. The fourth-order valence-corrected chi connectivity index (χ4v) is 2.79. The average Bonchev–Trinajstić information content (AvgIpc) is 2.87. The van der Waals surface area contributed by atoms with Gasteiger partial charge in [-0.15, -0.1) is 6.58 Å². The summed E-state index contributed by atoms with van der Waals surface area (Å²) in [5, 5.41) is 20.1. The molecule has 3 heteroatoms. The third-order valence-corrected chi connectivity index (χ3v) is 3.78. The summed E-state index contributed by atoms with van der Waals surface area (Å²) in [6.07, 6.45) is 3.42. The maximum Gasteiger partial charge on any atom is 0.115 e. The Kier molecular flexibility index (Phi) is 3.67. The summed E-state index contributed by atoms with van der Waals surface area (Å²) in [5.41, 5.74) is 3.64. The van der Waals surface area contributed by atoms with Gasteiger partial charge in [-0.1, -0.05) is 24.3 Å². The second-order valence-electron chi connectivity index (χ2n) is 5.13. The van der Waals surface area contributed by atoms with E-state index in [1.54, 1.807) is 12.1 Å². The Bertz CT molecular complexity index is 867. The third-order valence-electron chi connectivity index (χ3n) is 3.78. The van der Waals surface area contributed by atoms with Crippen molar-refractivity contribution in [1.29, 1.82) is 5.26 Å². The molecule has 1 aromatic heterocycles. The van der Waals surface area contributed by atoms with Crippen LogP contribution in [0.15, 0.2) is 61.2 Å². The first-order chi connectivity index (χ1) is 10.8. The summed E-state index contributed by atoms with van der Waals surface area (Å²) in [6.45, 7) is 3.77. The first-order valence-corrected chi connectivity index (χ1v) is 7.19. The smallest absolute Gasteiger partial charge is 0.115 e. The van der Waals surface area contributed by atoms with E-state index in [2.05, 4.69) is 17.2 Å². The van der Waals surface area contributed by atoms with Gasteiger partial charge in [-0.3, -0.25) is 0 Å². The predicted octanol–water partition coefficient (Wildman–Crippen LogP) is 4.33. The highest BCUT2D eigenvalue weighted by Crippen LogP contribution is 2.30. The minimum absolute atomic E-state index is 0.230. The fraction of sp³-hybridized carbons (Fsp3) is 0.105. The van der Waals surface area contributed by atoms with E-state index in [9.17, 15) is 10.4 Å². The van der Waals surface area contributed by atoms with Crippen LogP contribution >= 0.6 is 0 Å². The molecule has 0 saturated heterocycles. The summed E-state index contributed by atoms with van der Waals surface area (Å²) in [4.78, 5) is 0. The highest BCUT2D eigenvalue weighted by molar-refractivity contribution is 5.89. The maximum atomic E-state index is 9.59. The Morgan fingerprint density at radius 3 is 2.55 bits per heavy atom. The molecule has 0 amide bonds. The lowest BCUT2D eigenvalue weighted by molar-refractivity contribution is 0.475. The first kappa shape index (κ1) is 14.0. The van der Waals surface area contributed by atoms with E-state index >= 15 is 0 Å². The molecule has 0 unspecified atom stereocenters. The van der Waals surface area contributed by atoms with Crippen LogP contribution in [0.1, 0.15) is 17.7 Å². The van der Waals surface area contributed by atoms with Gasteiger partial charge < -0.3 is 9.67 Å². The molecule has 0 aliphatic carbocycles. The Morgan fingerprint density at radius 1 is 1.14 bits per heavy atom. The molecule has 22 heavy (non-hydrogen) atoms. The number of hydrogen-bond donors (Lipinski definition) is 1. The quantitative estimate of drug-likeness (QED) is 0.726. The maximum absolute atomic E-state index is 9.59. The van der Waals surface area contributed by atoms with Crippen molar-refractivity contribution in [2.45, 2.75) is 12.8 Å². The Hall–Kier alpha value is -2.99. The van der Waals surface area contributed by atoms with Gasteiger partial charge in [-0.25, -0.2) is 0 Å². The van der Waals surface area contributed by atoms with E-state index in [0.29, 0.717) is 5.56 Å². The zero-order valence-corrected chi connectivity index (χ0v) is 12.2.